The maximum Gasteiger partial charge on any atom is 0.212 e. The van der Waals surface area contributed by atoms with E-state index < -0.39 is 0 Å². The zero-order chi connectivity index (χ0) is 7.40. The molecular formula is C6H11N3S. The largest absolute Gasteiger partial charge is 0.305 e. The molecule has 0 saturated carbocycles. The third kappa shape index (κ3) is 2.09. The lowest BCUT2D eigenvalue weighted by molar-refractivity contribution is 0.370. The first-order valence-corrected chi connectivity index (χ1v) is 4.81. The normalized spacial score (nSPS) is 22.0. The first-order chi connectivity index (χ1) is 4.83. The number of rotatable bonds is 0. The van der Waals surface area contributed by atoms with Crippen molar-refractivity contribution >= 4 is 10.7 Å². The Morgan fingerprint density at radius 2 is 2.10 bits per heavy atom. The van der Waals surface area contributed by atoms with Crippen molar-refractivity contribution in [2.45, 2.75) is 0 Å². The number of hydrogen-bond acceptors (Lipinski definition) is 3. The van der Waals surface area contributed by atoms with E-state index in [-0.39, 0.29) is 10.7 Å². The highest BCUT2D eigenvalue weighted by molar-refractivity contribution is 7.87. The van der Waals surface area contributed by atoms with Gasteiger partial charge in [-0.3, -0.25) is 0 Å². The van der Waals surface area contributed by atoms with Gasteiger partial charge in [-0.1, -0.05) is 10.7 Å². The van der Waals surface area contributed by atoms with E-state index in [1.807, 2.05) is 6.19 Å². The van der Waals surface area contributed by atoms with Crippen LogP contribution in [0.25, 0.3) is 0 Å². The predicted octanol–water partition coefficient (Wildman–Crippen LogP) is 0.215. The van der Waals surface area contributed by atoms with Gasteiger partial charge in [-0.15, -0.1) is 0 Å². The van der Waals surface area contributed by atoms with Crippen LogP contribution in [0.2, 0.25) is 0 Å². The van der Waals surface area contributed by atoms with E-state index in [1.165, 1.54) is 0 Å². The smallest absolute Gasteiger partial charge is 0.212 e. The Morgan fingerprint density at radius 3 is 2.60 bits per heavy atom. The third-order valence-corrected chi connectivity index (χ3v) is 3.23. The van der Waals surface area contributed by atoms with Crippen molar-refractivity contribution in [1.82, 2.24) is 4.90 Å². The molecule has 0 aliphatic carbocycles. The fourth-order valence-corrected chi connectivity index (χ4v) is 2.43. The molecule has 1 saturated heterocycles. The van der Waals surface area contributed by atoms with Gasteiger partial charge in [0.2, 0.25) is 6.19 Å². The van der Waals surface area contributed by atoms with Gasteiger partial charge in [0.05, 0.1) is 0 Å². The van der Waals surface area contributed by atoms with Gasteiger partial charge in [0.1, 0.15) is 0 Å². The predicted molar refractivity (Wildman–Crippen MR) is 42.6 cm³/mol. The van der Waals surface area contributed by atoms with E-state index >= 15 is 0 Å². The van der Waals surface area contributed by atoms with Crippen molar-refractivity contribution in [3.63, 3.8) is 0 Å². The quantitative estimate of drug-likeness (QED) is 0.472. The van der Waals surface area contributed by atoms with Crippen LogP contribution in [-0.4, -0.2) is 36.5 Å². The maximum atomic E-state index is 8.26. The van der Waals surface area contributed by atoms with Crippen LogP contribution < -0.4 is 0 Å². The van der Waals surface area contributed by atoms with Crippen molar-refractivity contribution in [3.8, 4) is 6.19 Å². The average molecular weight is 157 g/mol. The van der Waals surface area contributed by atoms with Crippen LogP contribution in [0.4, 0.5) is 0 Å². The summed E-state index contributed by atoms with van der Waals surface area (Å²) in [4.78, 5) is 2.27. The first kappa shape index (κ1) is 7.70. The molecule has 0 aromatic heterocycles. The number of nitrogens with zero attached hydrogens (tertiary/aromatic N) is 3. The molecule has 0 atom stereocenters. The zero-order valence-corrected chi connectivity index (χ0v) is 6.89. The van der Waals surface area contributed by atoms with Crippen LogP contribution in [0.5, 0.6) is 0 Å². The van der Waals surface area contributed by atoms with E-state index in [2.05, 4.69) is 16.3 Å². The van der Waals surface area contributed by atoms with Crippen molar-refractivity contribution < 1.29 is 0 Å². The lowest BCUT2D eigenvalue weighted by atomic mass is 10.6. The number of hydrogen-bond donors (Lipinski definition) is 0. The summed E-state index contributed by atoms with van der Waals surface area (Å²) in [7, 11) is 2.16. The van der Waals surface area contributed by atoms with Gasteiger partial charge < -0.3 is 4.90 Å². The van der Waals surface area contributed by atoms with Crippen LogP contribution in [0.1, 0.15) is 0 Å². The van der Waals surface area contributed by atoms with Crippen molar-refractivity contribution in [3.05, 3.63) is 0 Å². The molecule has 1 rings (SSSR count). The van der Waals surface area contributed by atoms with E-state index in [1.54, 1.807) is 0 Å². The second-order valence-electron chi connectivity index (χ2n) is 2.37. The summed E-state index contributed by atoms with van der Waals surface area (Å²) >= 11 is 0. The molecule has 0 aromatic rings. The molecule has 56 valence electrons. The van der Waals surface area contributed by atoms with E-state index in [4.69, 9.17) is 5.26 Å². The van der Waals surface area contributed by atoms with Gasteiger partial charge >= 0.3 is 0 Å². The number of nitriles is 1. The summed E-state index contributed by atoms with van der Waals surface area (Å²) in [5, 5.41) is 8.26. The fraction of sp³-hybridized carbons (Fsp3) is 0.833. The van der Waals surface area contributed by atoms with Crippen molar-refractivity contribution in [2.24, 2.45) is 4.36 Å². The van der Waals surface area contributed by atoms with E-state index in [0.717, 1.165) is 24.6 Å². The topological polar surface area (TPSA) is 39.4 Å². The van der Waals surface area contributed by atoms with Gasteiger partial charge in [0.25, 0.3) is 0 Å². The molecular weight excluding hydrogens is 146 g/mol. The van der Waals surface area contributed by atoms with Crippen LogP contribution >= 0.6 is 0 Å². The van der Waals surface area contributed by atoms with Crippen LogP contribution in [0.3, 0.4) is 0 Å². The molecule has 1 heterocycles. The minimum Gasteiger partial charge on any atom is -0.305 e. The Hall–Kier alpha value is -0.400. The summed E-state index contributed by atoms with van der Waals surface area (Å²) < 4.78 is 3.82. The lowest BCUT2D eigenvalue weighted by Gasteiger charge is -2.22. The fourth-order valence-electron chi connectivity index (χ4n) is 0.885. The molecule has 0 amide bonds. The molecule has 1 aliphatic heterocycles. The zero-order valence-electron chi connectivity index (χ0n) is 6.08. The summed E-state index contributed by atoms with van der Waals surface area (Å²) in [5.41, 5.74) is 0. The SMILES string of the molecule is CN1CCS(=NC#N)CC1. The Balaban J connectivity index is 2.42. The molecule has 10 heavy (non-hydrogen) atoms. The highest BCUT2D eigenvalue weighted by Crippen LogP contribution is 1.98. The Labute approximate surface area is 63.7 Å². The van der Waals surface area contributed by atoms with E-state index in [9.17, 15) is 0 Å². The molecule has 4 heteroatoms. The van der Waals surface area contributed by atoms with Gasteiger partial charge in [-0.05, 0) is 7.05 Å². The summed E-state index contributed by atoms with van der Waals surface area (Å²) in [5.74, 6) is 2.15. The molecule has 0 radical (unpaired) electrons. The summed E-state index contributed by atoms with van der Waals surface area (Å²) in [6, 6.07) is 0. The third-order valence-electron chi connectivity index (χ3n) is 1.59. The molecule has 0 N–H and O–H groups in total. The highest BCUT2D eigenvalue weighted by atomic mass is 32.2. The Kier molecular flexibility index (Phi) is 2.84. The maximum absolute atomic E-state index is 8.26. The minimum atomic E-state index is 0.0569. The molecule has 1 fully saturated rings. The molecule has 0 unspecified atom stereocenters. The van der Waals surface area contributed by atoms with E-state index in [0.29, 0.717) is 0 Å². The lowest BCUT2D eigenvalue weighted by Crippen LogP contribution is -2.34. The van der Waals surface area contributed by atoms with Gasteiger partial charge in [-0.25, -0.2) is 0 Å². The van der Waals surface area contributed by atoms with Crippen molar-refractivity contribution in [1.29, 1.82) is 5.26 Å². The molecule has 0 bridgehead atoms. The molecule has 3 nitrogen and oxygen atoms in total. The standard InChI is InChI=1S/C6H11N3S/c1-9-2-4-10(5-3-9)8-6-7/h2-5H2,1H3. The van der Waals surface area contributed by atoms with Crippen LogP contribution in [-0.2, 0) is 10.7 Å². The van der Waals surface area contributed by atoms with Crippen LogP contribution in [0, 0.1) is 11.5 Å². The molecule has 1 aliphatic rings. The summed E-state index contributed by atoms with van der Waals surface area (Å²) in [6.45, 7) is 2.18. The van der Waals surface area contributed by atoms with Crippen LogP contribution in [0.15, 0.2) is 4.36 Å². The Morgan fingerprint density at radius 1 is 1.50 bits per heavy atom. The second kappa shape index (κ2) is 3.69. The van der Waals surface area contributed by atoms with Gasteiger partial charge in [-0.2, -0.15) is 9.62 Å². The van der Waals surface area contributed by atoms with Crippen molar-refractivity contribution in [2.75, 3.05) is 31.6 Å². The second-order valence-corrected chi connectivity index (χ2v) is 4.29. The van der Waals surface area contributed by atoms with Gasteiger partial charge in [0.15, 0.2) is 0 Å². The molecule has 0 aromatic carbocycles. The first-order valence-electron chi connectivity index (χ1n) is 3.29. The minimum absolute atomic E-state index is 0.0569. The monoisotopic (exact) mass is 157 g/mol. The highest BCUT2D eigenvalue weighted by Gasteiger charge is 2.08. The molecule has 0 spiro atoms. The Bertz CT molecular complexity index is 172. The summed E-state index contributed by atoms with van der Waals surface area (Å²) in [6.07, 6.45) is 1.87. The average Bonchev–Trinajstić information content (AvgIpc) is 1.95. The van der Waals surface area contributed by atoms with Gasteiger partial charge in [0, 0.05) is 24.6 Å².